The van der Waals surface area contributed by atoms with E-state index in [9.17, 15) is 19.7 Å². The van der Waals surface area contributed by atoms with Crippen molar-refractivity contribution in [3.8, 4) is 0 Å². The standard InChI is InChI=1S/C24H26N4O5/c1-4-33-23(30)20-21(16-9-11-17(12-10-16)28(31)32)27-19-8-6-5-7-18(19)25-24(27)26(22(20)29)14-13-15(2)3/h5-12,15,20-21H,4,13-14H2,1-3H3. The minimum absolute atomic E-state index is 0.0668. The zero-order valence-corrected chi connectivity index (χ0v) is 18.8. The van der Waals surface area contributed by atoms with Gasteiger partial charge in [-0.3, -0.25) is 24.6 Å². The third-order valence-corrected chi connectivity index (χ3v) is 5.86. The van der Waals surface area contributed by atoms with Crippen LogP contribution in [-0.4, -0.2) is 39.5 Å². The normalized spacial score (nSPS) is 17.9. The number of carbonyl (C=O) groups excluding carboxylic acids is 2. The van der Waals surface area contributed by atoms with Crippen LogP contribution in [0.3, 0.4) is 0 Å². The summed E-state index contributed by atoms with van der Waals surface area (Å²) in [7, 11) is 0. The topological polar surface area (TPSA) is 108 Å². The highest BCUT2D eigenvalue weighted by Gasteiger charge is 2.47. The molecule has 0 spiro atoms. The maximum atomic E-state index is 13.7. The molecule has 2 unspecified atom stereocenters. The van der Waals surface area contributed by atoms with Crippen LogP contribution in [0.2, 0.25) is 0 Å². The Labute approximate surface area is 191 Å². The zero-order valence-electron chi connectivity index (χ0n) is 18.8. The molecule has 2 heterocycles. The molecule has 0 fully saturated rings. The molecule has 0 aliphatic carbocycles. The largest absolute Gasteiger partial charge is 0.465 e. The van der Waals surface area contributed by atoms with Crippen molar-refractivity contribution in [1.29, 1.82) is 0 Å². The van der Waals surface area contributed by atoms with Crippen molar-refractivity contribution in [2.45, 2.75) is 33.2 Å². The molecular formula is C24H26N4O5. The van der Waals surface area contributed by atoms with Gasteiger partial charge in [-0.15, -0.1) is 0 Å². The van der Waals surface area contributed by atoms with Gasteiger partial charge in [-0.2, -0.15) is 0 Å². The Kier molecular flexibility index (Phi) is 6.13. The van der Waals surface area contributed by atoms with E-state index < -0.39 is 22.9 Å². The predicted octanol–water partition coefficient (Wildman–Crippen LogP) is 4.11. The molecule has 0 saturated carbocycles. The maximum absolute atomic E-state index is 13.7. The van der Waals surface area contributed by atoms with E-state index in [1.807, 2.05) is 28.8 Å². The van der Waals surface area contributed by atoms with Crippen LogP contribution in [0, 0.1) is 22.0 Å². The summed E-state index contributed by atoms with van der Waals surface area (Å²) in [6.45, 7) is 6.39. The van der Waals surface area contributed by atoms with E-state index in [0.717, 1.165) is 11.9 Å². The van der Waals surface area contributed by atoms with Gasteiger partial charge in [0.15, 0.2) is 5.92 Å². The van der Waals surface area contributed by atoms with Crippen molar-refractivity contribution < 1.29 is 19.2 Å². The van der Waals surface area contributed by atoms with Crippen LogP contribution in [0.1, 0.15) is 38.8 Å². The van der Waals surface area contributed by atoms with E-state index in [-0.39, 0.29) is 18.2 Å². The van der Waals surface area contributed by atoms with E-state index >= 15 is 0 Å². The number of amides is 1. The summed E-state index contributed by atoms with van der Waals surface area (Å²) < 4.78 is 7.20. The number of nitrogens with zero attached hydrogens (tertiary/aromatic N) is 4. The van der Waals surface area contributed by atoms with Crippen LogP contribution in [0.5, 0.6) is 0 Å². The lowest BCUT2D eigenvalue weighted by Gasteiger charge is -2.38. The first-order valence-electron chi connectivity index (χ1n) is 11.0. The maximum Gasteiger partial charge on any atom is 0.321 e. The Morgan fingerprint density at radius 3 is 2.52 bits per heavy atom. The molecule has 2 atom stereocenters. The lowest BCUT2D eigenvalue weighted by Crippen LogP contribution is -2.50. The van der Waals surface area contributed by atoms with Gasteiger partial charge in [-0.05, 0) is 37.0 Å². The average molecular weight is 450 g/mol. The van der Waals surface area contributed by atoms with E-state index in [1.165, 1.54) is 12.1 Å². The second-order valence-electron chi connectivity index (χ2n) is 8.47. The van der Waals surface area contributed by atoms with Crippen LogP contribution in [0.4, 0.5) is 11.6 Å². The summed E-state index contributed by atoms with van der Waals surface area (Å²) in [6.07, 6.45) is 0.743. The number of rotatable bonds is 7. The molecular weight excluding hydrogens is 424 g/mol. The molecule has 4 rings (SSSR count). The molecule has 1 amide bonds. The number of aromatic nitrogens is 2. The lowest BCUT2D eigenvalue weighted by atomic mass is 9.89. The Morgan fingerprint density at radius 1 is 1.18 bits per heavy atom. The first-order chi connectivity index (χ1) is 15.8. The molecule has 33 heavy (non-hydrogen) atoms. The number of ether oxygens (including phenoxy) is 1. The monoisotopic (exact) mass is 450 g/mol. The molecule has 0 radical (unpaired) electrons. The Balaban J connectivity index is 1.94. The lowest BCUT2D eigenvalue weighted by molar-refractivity contribution is -0.384. The van der Waals surface area contributed by atoms with Crippen LogP contribution in [0.15, 0.2) is 48.5 Å². The summed E-state index contributed by atoms with van der Waals surface area (Å²) in [4.78, 5) is 43.8. The number of carbonyl (C=O) groups is 2. The van der Waals surface area contributed by atoms with Crippen molar-refractivity contribution in [3.63, 3.8) is 0 Å². The van der Waals surface area contributed by atoms with Crippen LogP contribution in [0.25, 0.3) is 11.0 Å². The molecule has 1 aliphatic heterocycles. The number of esters is 1. The van der Waals surface area contributed by atoms with Gasteiger partial charge in [0, 0.05) is 18.7 Å². The van der Waals surface area contributed by atoms with Crippen molar-refractivity contribution >= 4 is 34.5 Å². The SMILES string of the molecule is CCOC(=O)C1C(=O)N(CCC(C)C)c2nc3ccccc3n2C1c1ccc([N+](=O)[O-])cc1. The fourth-order valence-corrected chi connectivity index (χ4v) is 4.24. The summed E-state index contributed by atoms with van der Waals surface area (Å²) >= 11 is 0. The Morgan fingerprint density at radius 2 is 1.88 bits per heavy atom. The van der Waals surface area contributed by atoms with E-state index in [1.54, 1.807) is 24.0 Å². The number of benzene rings is 2. The molecule has 1 aromatic heterocycles. The minimum atomic E-state index is -1.14. The van der Waals surface area contributed by atoms with Crippen LogP contribution < -0.4 is 4.90 Å². The van der Waals surface area contributed by atoms with Gasteiger partial charge in [0.05, 0.1) is 28.6 Å². The van der Waals surface area contributed by atoms with E-state index in [0.29, 0.717) is 29.5 Å². The number of imidazole rings is 1. The summed E-state index contributed by atoms with van der Waals surface area (Å²) in [5, 5.41) is 11.2. The highest BCUT2D eigenvalue weighted by Crippen LogP contribution is 2.41. The number of fused-ring (bicyclic) bond motifs is 3. The van der Waals surface area contributed by atoms with Gasteiger partial charge in [-0.25, -0.2) is 4.98 Å². The number of para-hydroxylation sites is 2. The molecule has 9 nitrogen and oxygen atoms in total. The average Bonchev–Trinajstić information content (AvgIpc) is 3.17. The second-order valence-corrected chi connectivity index (χ2v) is 8.47. The predicted molar refractivity (Wildman–Crippen MR) is 123 cm³/mol. The third kappa shape index (κ3) is 4.06. The minimum Gasteiger partial charge on any atom is -0.465 e. The number of non-ortho nitro benzene ring substituents is 1. The summed E-state index contributed by atoms with van der Waals surface area (Å²) in [5.41, 5.74) is 2.00. The highest BCUT2D eigenvalue weighted by molar-refractivity contribution is 6.08. The fraction of sp³-hybridized carbons (Fsp3) is 0.375. The first-order valence-corrected chi connectivity index (χ1v) is 11.0. The van der Waals surface area contributed by atoms with Crippen LogP contribution >= 0.6 is 0 Å². The number of nitro benzene ring substituents is 1. The number of nitro groups is 1. The van der Waals surface area contributed by atoms with Gasteiger partial charge in [-0.1, -0.05) is 38.1 Å². The van der Waals surface area contributed by atoms with Gasteiger partial charge < -0.3 is 9.30 Å². The molecule has 1 aliphatic rings. The van der Waals surface area contributed by atoms with E-state index in [4.69, 9.17) is 9.72 Å². The van der Waals surface area contributed by atoms with Gasteiger partial charge in [0.1, 0.15) is 0 Å². The van der Waals surface area contributed by atoms with Crippen molar-refractivity contribution in [2.75, 3.05) is 18.1 Å². The van der Waals surface area contributed by atoms with E-state index in [2.05, 4.69) is 13.8 Å². The van der Waals surface area contributed by atoms with Crippen molar-refractivity contribution in [3.05, 3.63) is 64.2 Å². The number of hydrogen-bond acceptors (Lipinski definition) is 6. The quantitative estimate of drug-likeness (QED) is 0.232. The van der Waals surface area contributed by atoms with Gasteiger partial charge >= 0.3 is 5.97 Å². The van der Waals surface area contributed by atoms with Crippen molar-refractivity contribution in [2.24, 2.45) is 11.8 Å². The number of anilines is 1. The molecule has 2 aromatic carbocycles. The second kappa shape index (κ2) is 9.01. The summed E-state index contributed by atoms with van der Waals surface area (Å²) in [6, 6.07) is 12.7. The fourth-order valence-electron chi connectivity index (χ4n) is 4.24. The van der Waals surface area contributed by atoms with Crippen molar-refractivity contribution in [1.82, 2.24) is 9.55 Å². The molecule has 0 N–H and O–H groups in total. The Bertz CT molecular complexity index is 1200. The number of hydrogen-bond donors (Lipinski definition) is 0. The first kappa shape index (κ1) is 22.4. The molecule has 3 aromatic rings. The molecule has 0 saturated heterocycles. The smallest absolute Gasteiger partial charge is 0.321 e. The highest BCUT2D eigenvalue weighted by atomic mass is 16.6. The molecule has 0 bridgehead atoms. The summed E-state index contributed by atoms with van der Waals surface area (Å²) in [5.74, 6) is -1.32. The molecule has 172 valence electrons. The van der Waals surface area contributed by atoms with Gasteiger partial charge in [0.2, 0.25) is 11.9 Å². The molecule has 9 heteroatoms. The van der Waals surface area contributed by atoms with Crippen LogP contribution in [-0.2, 0) is 14.3 Å². The third-order valence-electron chi connectivity index (χ3n) is 5.86. The Hall–Kier alpha value is -3.75. The zero-order chi connectivity index (χ0) is 23.7. The van der Waals surface area contributed by atoms with Gasteiger partial charge in [0.25, 0.3) is 5.69 Å².